The molecule has 1 amide bonds. The monoisotopic (exact) mass is 466 g/mol. The highest BCUT2D eigenvalue weighted by Gasteiger charge is 2.12. The topological polar surface area (TPSA) is 86.6 Å². The first-order chi connectivity index (χ1) is 15.8. The smallest absolute Gasteiger partial charge is 0.333 e. The number of nitrogens with zero attached hydrogens (tertiary/aromatic N) is 1. The van der Waals surface area contributed by atoms with Gasteiger partial charge in [0.1, 0.15) is 17.0 Å². The Balaban J connectivity index is 2.00. The third-order valence-electron chi connectivity index (χ3n) is 5.06. The first kappa shape index (κ1) is 24.0. The van der Waals surface area contributed by atoms with Gasteiger partial charge in [0.05, 0.1) is 24.3 Å². The van der Waals surface area contributed by atoms with Crippen LogP contribution < -0.4 is 24.8 Å². The van der Waals surface area contributed by atoms with Crippen LogP contribution in [0.2, 0.25) is 0 Å². The van der Waals surface area contributed by atoms with E-state index >= 15 is 0 Å². The molecule has 7 nitrogen and oxygen atoms in total. The second-order valence-corrected chi connectivity index (χ2v) is 8.37. The average Bonchev–Trinajstić information content (AvgIpc) is 3.06. The highest BCUT2D eigenvalue weighted by atomic mass is 32.1. The highest BCUT2D eigenvalue weighted by molar-refractivity contribution is 7.07. The van der Waals surface area contributed by atoms with Gasteiger partial charge in [-0.3, -0.25) is 14.2 Å². The van der Waals surface area contributed by atoms with E-state index in [1.807, 2.05) is 44.2 Å². The molecule has 0 spiro atoms. The number of methoxy groups -OCH3 is 1. The number of carbonyl (C=O) groups is 2. The van der Waals surface area contributed by atoms with Gasteiger partial charge in [-0.15, -0.1) is 11.3 Å². The molecule has 0 atom stereocenters. The van der Waals surface area contributed by atoms with Gasteiger partial charge >= 0.3 is 5.97 Å². The molecule has 3 rings (SSSR count). The predicted molar refractivity (Wildman–Crippen MR) is 130 cm³/mol. The second kappa shape index (κ2) is 10.8. The van der Waals surface area contributed by atoms with Crippen molar-refractivity contribution < 1.29 is 19.1 Å². The summed E-state index contributed by atoms with van der Waals surface area (Å²) in [6, 6.07) is 12.9. The largest absolute Gasteiger partial charge is 0.497 e. The first-order valence-corrected chi connectivity index (χ1v) is 11.2. The summed E-state index contributed by atoms with van der Waals surface area (Å²) in [5.74, 6) is -0.230. The van der Waals surface area contributed by atoms with E-state index in [0.717, 1.165) is 28.0 Å². The van der Waals surface area contributed by atoms with Gasteiger partial charge in [0.15, 0.2) is 0 Å². The third-order valence-corrected chi connectivity index (χ3v) is 6.12. The summed E-state index contributed by atoms with van der Waals surface area (Å²) in [5, 5.41) is 2.86. The fraction of sp³-hybridized carbons (Fsp3) is 0.240. The summed E-state index contributed by atoms with van der Waals surface area (Å²) in [6.07, 6.45) is 2.96. The van der Waals surface area contributed by atoms with Crippen LogP contribution in [-0.4, -0.2) is 30.2 Å². The number of aromatic nitrogens is 1. The molecule has 3 aromatic rings. The Morgan fingerprint density at radius 2 is 1.85 bits per heavy atom. The average molecular weight is 467 g/mol. The number of amides is 1. The summed E-state index contributed by atoms with van der Waals surface area (Å²) in [6.45, 7) is 5.56. The van der Waals surface area contributed by atoms with Crippen LogP contribution >= 0.6 is 11.3 Å². The molecule has 0 aliphatic carbocycles. The van der Waals surface area contributed by atoms with Gasteiger partial charge in [0, 0.05) is 5.69 Å². The van der Waals surface area contributed by atoms with E-state index in [0.29, 0.717) is 20.6 Å². The van der Waals surface area contributed by atoms with Crippen LogP contribution in [0.25, 0.3) is 12.2 Å². The summed E-state index contributed by atoms with van der Waals surface area (Å²) in [5.41, 5.74) is 3.12. The van der Waals surface area contributed by atoms with Crippen molar-refractivity contribution in [1.29, 1.82) is 0 Å². The molecule has 0 aliphatic heterocycles. The molecule has 0 saturated heterocycles. The maximum Gasteiger partial charge on any atom is 0.333 e. The Bertz CT molecular complexity index is 1340. The Morgan fingerprint density at radius 3 is 2.52 bits per heavy atom. The Morgan fingerprint density at radius 1 is 1.12 bits per heavy atom. The molecule has 0 aliphatic rings. The lowest BCUT2D eigenvalue weighted by Crippen LogP contribution is -2.36. The SMILES string of the molecule is CCOC(=O)C=c1sc(=Cc2ccc(OC)cc2)c(=O)n1CC(=O)Nc1cccc(C)c1C. The maximum atomic E-state index is 13.1. The molecular formula is C25H26N2O5S. The fourth-order valence-corrected chi connectivity index (χ4v) is 4.18. The molecule has 8 heteroatoms. The van der Waals surface area contributed by atoms with Gasteiger partial charge in [-0.25, -0.2) is 4.79 Å². The zero-order valence-electron chi connectivity index (χ0n) is 19.0. The highest BCUT2D eigenvalue weighted by Crippen LogP contribution is 2.17. The Kier molecular flexibility index (Phi) is 7.84. The van der Waals surface area contributed by atoms with Crippen molar-refractivity contribution in [1.82, 2.24) is 4.57 Å². The predicted octanol–water partition coefficient (Wildman–Crippen LogP) is 2.35. The van der Waals surface area contributed by atoms with Crippen molar-refractivity contribution in [3.05, 3.63) is 78.7 Å². The standard InChI is InChI=1S/C25H26N2O5S/c1-5-32-24(29)14-23-27(15-22(28)26-20-8-6-7-16(2)17(20)3)25(30)21(33-23)13-18-9-11-19(31-4)12-10-18/h6-14H,5,15H2,1-4H3,(H,26,28). The van der Waals surface area contributed by atoms with Gasteiger partial charge < -0.3 is 14.8 Å². The quantitative estimate of drug-likeness (QED) is 0.540. The van der Waals surface area contributed by atoms with E-state index in [-0.39, 0.29) is 24.6 Å². The molecule has 0 saturated carbocycles. The van der Waals surface area contributed by atoms with Crippen molar-refractivity contribution >= 4 is 41.1 Å². The van der Waals surface area contributed by atoms with Crippen LogP contribution in [0.4, 0.5) is 5.69 Å². The first-order valence-electron chi connectivity index (χ1n) is 10.4. The van der Waals surface area contributed by atoms with E-state index in [2.05, 4.69) is 5.32 Å². The zero-order chi connectivity index (χ0) is 24.0. The van der Waals surface area contributed by atoms with Gasteiger partial charge in [-0.1, -0.05) is 24.3 Å². The van der Waals surface area contributed by atoms with Crippen molar-refractivity contribution in [3.63, 3.8) is 0 Å². The lowest BCUT2D eigenvalue weighted by Gasteiger charge is -2.10. The van der Waals surface area contributed by atoms with Crippen molar-refractivity contribution in [2.75, 3.05) is 19.0 Å². The summed E-state index contributed by atoms with van der Waals surface area (Å²) < 4.78 is 12.2. The molecule has 0 unspecified atom stereocenters. The lowest BCUT2D eigenvalue weighted by atomic mass is 10.1. The number of hydrogen-bond donors (Lipinski definition) is 1. The number of hydrogen-bond acceptors (Lipinski definition) is 6. The number of benzene rings is 2. The molecule has 172 valence electrons. The number of aryl methyl sites for hydroxylation is 1. The summed E-state index contributed by atoms with van der Waals surface area (Å²) >= 11 is 1.13. The van der Waals surface area contributed by atoms with Crippen LogP contribution in [0.3, 0.4) is 0 Å². The Hall–Kier alpha value is -3.65. The molecule has 1 heterocycles. The lowest BCUT2D eigenvalue weighted by molar-refractivity contribution is -0.135. The summed E-state index contributed by atoms with van der Waals surface area (Å²) in [7, 11) is 1.58. The van der Waals surface area contributed by atoms with Gasteiger partial charge in [0.2, 0.25) is 5.91 Å². The third kappa shape index (κ3) is 5.98. The normalized spacial score (nSPS) is 12.0. The van der Waals surface area contributed by atoms with E-state index in [9.17, 15) is 14.4 Å². The van der Waals surface area contributed by atoms with Crippen LogP contribution in [0, 0.1) is 13.8 Å². The number of carbonyl (C=O) groups excluding carboxylic acids is 2. The minimum absolute atomic E-state index is 0.211. The number of ether oxygens (including phenoxy) is 2. The molecule has 0 fully saturated rings. The molecule has 1 N–H and O–H groups in total. The minimum atomic E-state index is -0.571. The maximum absolute atomic E-state index is 13.1. The molecule has 0 bridgehead atoms. The number of thiazole rings is 1. The zero-order valence-corrected chi connectivity index (χ0v) is 19.8. The van der Waals surface area contributed by atoms with Crippen LogP contribution in [0.15, 0.2) is 47.3 Å². The van der Waals surface area contributed by atoms with Gasteiger partial charge in [0.25, 0.3) is 5.56 Å². The van der Waals surface area contributed by atoms with Crippen LogP contribution in [-0.2, 0) is 20.9 Å². The van der Waals surface area contributed by atoms with Crippen molar-refractivity contribution in [2.24, 2.45) is 0 Å². The number of esters is 1. The number of rotatable bonds is 7. The van der Waals surface area contributed by atoms with E-state index in [4.69, 9.17) is 9.47 Å². The van der Waals surface area contributed by atoms with Gasteiger partial charge in [-0.2, -0.15) is 0 Å². The molecular weight excluding hydrogens is 440 g/mol. The van der Waals surface area contributed by atoms with E-state index < -0.39 is 5.97 Å². The van der Waals surface area contributed by atoms with Crippen LogP contribution in [0.1, 0.15) is 23.6 Å². The molecule has 33 heavy (non-hydrogen) atoms. The van der Waals surface area contributed by atoms with E-state index in [1.54, 1.807) is 32.2 Å². The minimum Gasteiger partial charge on any atom is -0.497 e. The fourth-order valence-electron chi connectivity index (χ4n) is 3.15. The van der Waals surface area contributed by atoms with Crippen LogP contribution in [0.5, 0.6) is 5.75 Å². The summed E-state index contributed by atoms with van der Waals surface area (Å²) in [4.78, 5) is 38.0. The Labute approximate surface area is 195 Å². The van der Waals surface area contributed by atoms with Crippen molar-refractivity contribution in [3.8, 4) is 5.75 Å². The van der Waals surface area contributed by atoms with Gasteiger partial charge in [-0.05, 0) is 61.7 Å². The molecule has 1 aromatic heterocycles. The number of nitrogens with one attached hydrogen (secondary N) is 1. The van der Waals surface area contributed by atoms with Crippen molar-refractivity contribution in [2.45, 2.75) is 27.3 Å². The second-order valence-electron chi connectivity index (χ2n) is 7.31. The van der Waals surface area contributed by atoms with E-state index in [1.165, 1.54) is 10.6 Å². The number of anilines is 1. The molecule has 0 radical (unpaired) electrons. The molecule has 2 aromatic carbocycles.